The molecule has 1 atom stereocenters. The van der Waals surface area contributed by atoms with Gasteiger partial charge in [0.2, 0.25) is 0 Å². The summed E-state index contributed by atoms with van der Waals surface area (Å²) < 4.78 is 14.0. The molecule has 4 N–H and O–H groups in total. The van der Waals surface area contributed by atoms with Crippen molar-refractivity contribution in [2.24, 2.45) is 0 Å². The second kappa shape index (κ2) is 8.88. The number of rotatable bonds is 8. The Labute approximate surface area is 178 Å². The second-order valence-electron chi connectivity index (χ2n) is 7.72. The van der Waals surface area contributed by atoms with E-state index in [-0.39, 0.29) is 18.2 Å². The van der Waals surface area contributed by atoms with Crippen LogP contribution in [0.25, 0.3) is 10.3 Å². The number of hydrogen-bond acceptors (Lipinski definition) is 8. The summed E-state index contributed by atoms with van der Waals surface area (Å²) in [5, 5.41) is 19.3. The standard InChI is InChI=1S/C20H25FN6O2S/c1-11(2)25-15-13(17(28)23-10-14(21)20(3,4)29)9-24-18-16(15)27-19(30-18)26-12-6-5-7-22-8-12/h5-9,11,14,29H,10H2,1-4H3,(H,23,28)(H,24,25)(H,26,27)/t14-/m1/s1. The quantitative estimate of drug-likeness (QED) is 0.431. The molecule has 0 spiro atoms. The molecule has 0 radical (unpaired) electrons. The van der Waals surface area contributed by atoms with Crippen molar-refractivity contribution in [1.29, 1.82) is 0 Å². The fraction of sp³-hybridized carbons (Fsp3) is 0.400. The molecule has 30 heavy (non-hydrogen) atoms. The van der Waals surface area contributed by atoms with E-state index >= 15 is 0 Å². The van der Waals surface area contributed by atoms with Gasteiger partial charge in [-0.3, -0.25) is 9.78 Å². The molecule has 0 saturated carbocycles. The zero-order valence-corrected chi connectivity index (χ0v) is 18.0. The summed E-state index contributed by atoms with van der Waals surface area (Å²) in [4.78, 5) is 26.4. The maximum absolute atomic E-state index is 14.0. The molecule has 0 unspecified atom stereocenters. The van der Waals surface area contributed by atoms with Crippen LogP contribution in [0.2, 0.25) is 0 Å². The number of thiazole rings is 1. The average Bonchev–Trinajstić information content (AvgIpc) is 3.08. The molecule has 0 saturated heterocycles. The normalized spacial score (nSPS) is 12.8. The lowest BCUT2D eigenvalue weighted by Crippen LogP contribution is -2.42. The number of alkyl halides is 1. The molecule has 10 heteroatoms. The number of aromatic nitrogens is 3. The first-order valence-electron chi connectivity index (χ1n) is 9.53. The first-order chi connectivity index (χ1) is 14.1. The molecule has 0 aliphatic rings. The first kappa shape index (κ1) is 21.8. The summed E-state index contributed by atoms with van der Waals surface area (Å²) in [6, 6.07) is 3.71. The molecule has 1 amide bonds. The lowest BCUT2D eigenvalue weighted by molar-refractivity contribution is -0.00177. The van der Waals surface area contributed by atoms with Crippen LogP contribution in [0.5, 0.6) is 0 Å². The van der Waals surface area contributed by atoms with Crippen molar-refractivity contribution >= 4 is 44.1 Å². The van der Waals surface area contributed by atoms with Crippen LogP contribution in [0.3, 0.4) is 0 Å². The lowest BCUT2D eigenvalue weighted by atomic mass is 10.0. The molecule has 0 aliphatic heterocycles. The molecule has 3 heterocycles. The molecule has 0 bridgehead atoms. The van der Waals surface area contributed by atoms with E-state index in [4.69, 9.17) is 0 Å². The van der Waals surface area contributed by atoms with E-state index in [9.17, 15) is 14.3 Å². The van der Waals surface area contributed by atoms with E-state index in [0.29, 0.717) is 21.2 Å². The fourth-order valence-electron chi connectivity index (χ4n) is 2.63. The van der Waals surface area contributed by atoms with Crippen LogP contribution < -0.4 is 16.0 Å². The third kappa shape index (κ3) is 5.19. The Hall–Kier alpha value is -2.85. The highest BCUT2D eigenvalue weighted by Gasteiger charge is 2.27. The van der Waals surface area contributed by atoms with Gasteiger partial charge in [-0.1, -0.05) is 11.3 Å². The maximum Gasteiger partial charge on any atom is 0.255 e. The van der Waals surface area contributed by atoms with Crippen molar-refractivity contribution in [2.75, 3.05) is 17.2 Å². The molecule has 0 aliphatic carbocycles. The molecule has 8 nitrogen and oxygen atoms in total. The summed E-state index contributed by atoms with van der Waals surface area (Å²) in [6.07, 6.45) is 3.21. The Balaban J connectivity index is 1.91. The van der Waals surface area contributed by atoms with Crippen LogP contribution in [-0.4, -0.2) is 50.3 Å². The summed E-state index contributed by atoms with van der Waals surface area (Å²) in [7, 11) is 0. The topological polar surface area (TPSA) is 112 Å². The van der Waals surface area contributed by atoms with Crippen LogP contribution in [-0.2, 0) is 0 Å². The van der Waals surface area contributed by atoms with Gasteiger partial charge in [-0.15, -0.1) is 0 Å². The predicted molar refractivity (Wildman–Crippen MR) is 117 cm³/mol. The van der Waals surface area contributed by atoms with Crippen molar-refractivity contribution < 1.29 is 14.3 Å². The largest absolute Gasteiger partial charge is 0.387 e. The van der Waals surface area contributed by atoms with Gasteiger partial charge in [0.25, 0.3) is 5.91 Å². The fourth-order valence-corrected chi connectivity index (χ4v) is 3.46. The van der Waals surface area contributed by atoms with E-state index in [1.165, 1.54) is 31.4 Å². The number of halogens is 1. The Morgan fingerprint density at radius 3 is 2.73 bits per heavy atom. The van der Waals surface area contributed by atoms with Gasteiger partial charge in [0.15, 0.2) is 5.13 Å². The van der Waals surface area contributed by atoms with Crippen molar-refractivity contribution in [3.05, 3.63) is 36.3 Å². The minimum absolute atomic E-state index is 0.0314. The van der Waals surface area contributed by atoms with Gasteiger partial charge in [0, 0.05) is 18.4 Å². The highest BCUT2D eigenvalue weighted by Crippen LogP contribution is 2.33. The third-order valence-electron chi connectivity index (χ3n) is 4.23. The van der Waals surface area contributed by atoms with Gasteiger partial charge in [-0.2, -0.15) is 0 Å². The Morgan fingerprint density at radius 2 is 2.10 bits per heavy atom. The van der Waals surface area contributed by atoms with Crippen LogP contribution in [0.15, 0.2) is 30.7 Å². The van der Waals surface area contributed by atoms with E-state index in [2.05, 4.69) is 30.9 Å². The Bertz CT molecular complexity index is 1020. The number of anilines is 3. The van der Waals surface area contributed by atoms with Gasteiger partial charge in [0.1, 0.15) is 16.5 Å². The highest BCUT2D eigenvalue weighted by atomic mass is 32.1. The van der Waals surface area contributed by atoms with Crippen molar-refractivity contribution in [2.45, 2.75) is 45.5 Å². The zero-order valence-electron chi connectivity index (χ0n) is 17.2. The summed E-state index contributed by atoms with van der Waals surface area (Å²) >= 11 is 1.35. The Morgan fingerprint density at radius 1 is 1.33 bits per heavy atom. The first-order valence-corrected chi connectivity index (χ1v) is 10.3. The van der Waals surface area contributed by atoms with Gasteiger partial charge in [0.05, 0.1) is 35.3 Å². The second-order valence-corrected chi connectivity index (χ2v) is 8.69. The maximum atomic E-state index is 14.0. The lowest BCUT2D eigenvalue weighted by Gasteiger charge is -2.22. The van der Waals surface area contributed by atoms with Gasteiger partial charge >= 0.3 is 0 Å². The predicted octanol–water partition coefficient (Wildman–Crippen LogP) is 3.49. The van der Waals surface area contributed by atoms with Crippen molar-refractivity contribution in [1.82, 2.24) is 20.3 Å². The molecular weight excluding hydrogens is 407 g/mol. The number of amides is 1. The highest BCUT2D eigenvalue weighted by molar-refractivity contribution is 7.21. The van der Waals surface area contributed by atoms with Gasteiger partial charge < -0.3 is 21.1 Å². The smallest absolute Gasteiger partial charge is 0.255 e. The van der Waals surface area contributed by atoms with Crippen LogP contribution in [0.4, 0.5) is 20.9 Å². The van der Waals surface area contributed by atoms with Crippen molar-refractivity contribution in [3.63, 3.8) is 0 Å². The number of carbonyl (C=O) groups is 1. The molecule has 0 fully saturated rings. The molecule has 0 aromatic carbocycles. The number of hydrogen-bond donors (Lipinski definition) is 4. The monoisotopic (exact) mass is 432 g/mol. The van der Waals surface area contributed by atoms with E-state index in [0.717, 1.165) is 5.69 Å². The third-order valence-corrected chi connectivity index (χ3v) is 5.10. The summed E-state index contributed by atoms with van der Waals surface area (Å²) in [6.45, 7) is 6.29. The summed E-state index contributed by atoms with van der Waals surface area (Å²) in [5.74, 6) is -0.491. The number of carbonyl (C=O) groups excluding carboxylic acids is 1. The zero-order chi connectivity index (χ0) is 21.9. The van der Waals surface area contributed by atoms with Crippen LogP contribution in [0, 0.1) is 0 Å². The van der Waals surface area contributed by atoms with Gasteiger partial charge in [-0.05, 0) is 39.8 Å². The van der Waals surface area contributed by atoms with Gasteiger partial charge in [-0.25, -0.2) is 14.4 Å². The van der Waals surface area contributed by atoms with E-state index in [1.54, 1.807) is 12.4 Å². The molecule has 3 aromatic heterocycles. The van der Waals surface area contributed by atoms with Crippen molar-refractivity contribution in [3.8, 4) is 0 Å². The number of nitrogens with zero attached hydrogens (tertiary/aromatic N) is 3. The minimum Gasteiger partial charge on any atom is -0.387 e. The molecular formula is C20H25FN6O2S. The number of aliphatic hydroxyl groups is 1. The number of pyridine rings is 2. The van der Waals surface area contributed by atoms with Crippen LogP contribution >= 0.6 is 11.3 Å². The molecule has 160 valence electrons. The SMILES string of the molecule is CC(C)Nc1c(C(=O)NC[C@@H](F)C(C)(C)O)cnc2sc(Nc3cccnc3)nc12. The Kier molecular flexibility index (Phi) is 6.47. The minimum atomic E-state index is -1.60. The van der Waals surface area contributed by atoms with E-state index < -0.39 is 17.7 Å². The van der Waals surface area contributed by atoms with E-state index in [1.807, 2.05) is 26.0 Å². The molecule has 3 aromatic rings. The molecule has 3 rings (SSSR count). The number of fused-ring (bicyclic) bond motifs is 1. The summed E-state index contributed by atoms with van der Waals surface area (Å²) in [5.41, 5.74) is 0.579. The average molecular weight is 433 g/mol. The number of nitrogens with one attached hydrogen (secondary N) is 3. The van der Waals surface area contributed by atoms with Crippen LogP contribution in [0.1, 0.15) is 38.1 Å².